The summed E-state index contributed by atoms with van der Waals surface area (Å²) >= 11 is 1.25. The highest BCUT2D eigenvalue weighted by Gasteiger charge is 2.52. The average molecular weight is 845 g/mol. The number of alkyl halides is 8. The molecule has 6 rings (SSSR count). The van der Waals surface area contributed by atoms with Crippen LogP contribution in [0.5, 0.6) is 5.75 Å². The number of hydrogen-bond acceptors (Lipinski definition) is 10. The van der Waals surface area contributed by atoms with Gasteiger partial charge in [-0.05, 0) is 68.1 Å². The van der Waals surface area contributed by atoms with Crippen LogP contribution in [0.3, 0.4) is 0 Å². The number of hydrogen-bond donors (Lipinski definition) is 2. The van der Waals surface area contributed by atoms with Gasteiger partial charge in [-0.2, -0.15) is 35.1 Å². The Morgan fingerprint density at radius 1 is 0.931 bits per heavy atom. The van der Waals surface area contributed by atoms with E-state index < -0.39 is 77.9 Å². The number of benzene rings is 2. The van der Waals surface area contributed by atoms with Crippen molar-refractivity contribution >= 4 is 40.1 Å². The molecule has 2 saturated heterocycles. The minimum Gasteiger partial charge on any atom is -0.449 e. The number of piperidine rings is 1. The topological polar surface area (TPSA) is 130 Å². The fourth-order valence-corrected chi connectivity index (χ4v) is 7.86. The number of aromatic nitrogens is 1. The van der Waals surface area contributed by atoms with Crippen molar-refractivity contribution in [3.8, 4) is 5.75 Å². The van der Waals surface area contributed by atoms with Crippen LogP contribution in [0, 0.1) is 6.92 Å². The molecular weight excluding hydrogens is 808 g/mol. The summed E-state index contributed by atoms with van der Waals surface area (Å²) in [6.07, 6.45) is -15.1. The molecule has 2 N–H and O–H groups in total. The number of nitrogens with one attached hydrogen (secondary N) is 2. The Morgan fingerprint density at radius 3 is 2.31 bits per heavy atom. The number of halogens is 8. The number of nitrogens with zero attached hydrogens (tertiary/aromatic N) is 2. The molecule has 4 heterocycles. The first-order valence-corrected chi connectivity index (χ1v) is 18.7. The van der Waals surface area contributed by atoms with Crippen LogP contribution in [0.1, 0.15) is 50.2 Å². The Bertz CT molecular complexity index is 2220. The molecule has 1 amide bonds. The van der Waals surface area contributed by atoms with Gasteiger partial charge in [0.1, 0.15) is 12.6 Å². The number of aromatic amines is 1. The van der Waals surface area contributed by atoms with Crippen LogP contribution in [-0.2, 0) is 32.0 Å². The molecule has 58 heavy (non-hydrogen) atoms. The number of amides is 1. The molecule has 1 atom stereocenters. The Balaban J connectivity index is 1.08. The van der Waals surface area contributed by atoms with Crippen LogP contribution < -0.4 is 15.6 Å². The third-order valence-electron chi connectivity index (χ3n) is 9.70. The normalized spacial score (nSPS) is 17.6. The lowest BCUT2D eigenvalue weighted by molar-refractivity contribution is -0.332. The van der Waals surface area contributed by atoms with Gasteiger partial charge < -0.3 is 29.4 Å². The molecule has 2 aliphatic heterocycles. The van der Waals surface area contributed by atoms with Crippen LogP contribution in [0.25, 0.3) is 10.9 Å². The standard InChI is InChI=1S/C38H36F8N4O7S/c1-22-5-9-29(58-22)32(52)50-20-35(57-36(39,40)21-50)12-15-49(16-13-35)19-24-4-2-3-23(17-24)11-14-47-18-28(56-34(54)38(44,45)46)25-6-8-27(55-33(53)37(41,42)43)31-26(25)7-10-30(51)48-31/h2-10,17,28,47H,11-16,18-21H2,1H3,(H,48,51)/t28-/m0/s1. The lowest BCUT2D eigenvalue weighted by atomic mass is 9.88. The molecular formula is C38H36F8N4O7S. The molecule has 1 spiro atoms. The van der Waals surface area contributed by atoms with Gasteiger partial charge in [-0.25, -0.2) is 9.59 Å². The molecule has 2 aromatic heterocycles. The predicted octanol–water partition coefficient (Wildman–Crippen LogP) is 6.44. The van der Waals surface area contributed by atoms with Crippen molar-refractivity contribution in [3.63, 3.8) is 0 Å². The summed E-state index contributed by atoms with van der Waals surface area (Å²) in [6, 6.07) is 14.7. The highest BCUT2D eigenvalue weighted by molar-refractivity contribution is 7.13. The Kier molecular flexibility index (Phi) is 12.3. The van der Waals surface area contributed by atoms with Gasteiger partial charge in [0.05, 0.1) is 22.5 Å². The maximum atomic E-state index is 14.8. The molecule has 0 bridgehead atoms. The highest BCUT2D eigenvalue weighted by atomic mass is 32.1. The Morgan fingerprint density at radius 2 is 1.64 bits per heavy atom. The molecule has 312 valence electrons. The molecule has 0 aliphatic carbocycles. The van der Waals surface area contributed by atoms with Crippen molar-refractivity contribution in [2.24, 2.45) is 0 Å². The number of carbonyl (C=O) groups is 3. The summed E-state index contributed by atoms with van der Waals surface area (Å²) < 4.78 is 123. The smallest absolute Gasteiger partial charge is 0.449 e. The maximum absolute atomic E-state index is 14.8. The van der Waals surface area contributed by atoms with E-state index in [0.29, 0.717) is 30.9 Å². The van der Waals surface area contributed by atoms with Gasteiger partial charge >= 0.3 is 30.4 Å². The van der Waals surface area contributed by atoms with E-state index in [9.17, 15) is 54.3 Å². The van der Waals surface area contributed by atoms with Crippen molar-refractivity contribution in [3.05, 3.63) is 97.5 Å². The highest BCUT2D eigenvalue weighted by Crippen LogP contribution is 2.39. The summed E-state index contributed by atoms with van der Waals surface area (Å²) in [5.41, 5.74) is -0.874. The number of aryl methyl sites for hydroxylation is 1. The fourth-order valence-electron chi connectivity index (χ4n) is 7.03. The summed E-state index contributed by atoms with van der Waals surface area (Å²) in [5, 5.41) is 2.79. The molecule has 0 saturated carbocycles. The number of ether oxygens (including phenoxy) is 3. The number of thiophene rings is 1. The third-order valence-corrected chi connectivity index (χ3v) is 10.7. The zero-order valence-electron chi connectivity index (χ0n) is 30.6. The number of fused-ring (bicyclic) bond motifs is 1. The summed E-state index contributed by atoms with van der Waals surface area (Å²) in [5.74, 6) is -6.33. The van der Waals surface area contributed by atoms with Crippen molar-refractivity contribution in [2.45, 2.75) is 62.9 Å². The largest absolute Gasteiger partial charge is 0.491 e. The second-order valence-electron chi connectivity index (χ2n) is 14.1. The van der Waals surface area contributed by atoms with Crippen LogP contribution in [-0.4, -0.2) is 96.0 Å². The first kappa shape index (κ1) is 42.7. The van der Waals surface area contributed by atoms with E-state index in [1.54, 1.807) is 12.1 Å². The van der Waals surface area contributed by atoms with Gasteiger partial charge in [-0.1, -0.05) is 30.3 Å². The summed E-state index contributed by atoms with van der Waals surface area (Å²) in [4.78, 5) is 55.3. The number of carbonyl (C=O) groups excluding carboxylic acids is 3. The van der Waals surface area contributed by atoms with Crippen LogP contribution in [0.2, 0.25) is 0 Å². The van der Waals surface area contributed by atoms with Crippen molar-refractivity contribution in [1.82, 2.24) is 20.1 Å². The number of likely N-dealkylation sites (tertiary alicyclic amines) is 1. The monoisotopic (exact) mass is 844 g/mol. The number of morpholine rings is 1. The maximum Gasteiger partial charge on any atom is 0.491 e. The third kappa shape index (κ3) is 10.4. The SMILES string of the molecule is Cc1ccc(C(=O)N2CC(F)(F)OC3(CCN(Cc4cccc(CCNC[C@H](OC(=O)C(F)(F)F)c5ccc(OC(=O)C(F)(F)F)c6[nH]c(=O)ccc56)c4)CC3)C2)s1. The van der Waals surface area contributed by atoms with Gasteiger partial charge in [0, 0.05) is 48.1 Å². The van der Waals surface area contributed by atoms with Crippen molar-refractivity contribution in [2.75, 3.05) is 39.3 Å². The molecule has 4 aromatic rings. The van der Waals surface area contributed by atoms with Crippen LogP contribution >= 0.6 is 11.3 Å². The van der Waals surface area contributed by atoms with Crippen molar-refractivity contribution in [1.29, 1.82) is 0 Å². The minimum absolute atomic E-state index is 0.0450. The molecule has 20 heteroatoms. The van der Waals surface area contributed by atoms with E-state index in [0.717, 1.165) is 40.3 Å². The second-order valence-corrected chi connectivity index (χ2v) is 15.4. The first-order chi connectivity index (χ1) is 27.2. The van der Waals surface area contributed by atoms with E-state index in [4.69, 9.17) is 9.47 Å². The summed E-state index contributed by atoms with van der Waals surface area (Å²) in [6.45, 7) is 2.14. The molecule has 2 fully saturated rings. The first-order valence-electron chi connectivity index (χ1n) is 17.9. The number of pyridine rings is 1. The number of esters is 2. The molecule has 2 aliphatic rings. The number of rotatable bonds is 11. The Hall–Kier alpha value is -4.92. The van der Waals surface area contributed by atoms with Gasteiger partial charge in [-0.15, -0.1) is 11.3 Å². The van der Waals surface area contributed by atoms with Crippen LogP contribution in [0.4, 0.5) is 35.1 Å². The molecule has 0 unspecified atom stereocenters. The Labute approximate surface area is 328 Å². The average Bonchev–Trinajstić information content (AvgIpc) is 3.58. The minimum atomic E-state index is -5.39. The second kappa shape index (κ2) is 16.7. The number of H-pyrrole nitrogens is 1. The zero-order chi connectivity index (χ0) is 42.0. The lowest BCUT2D eigenvalue weighted by Crippen LogP contribution is -2.62. The van der Waals surface area contributed by atoms with Gasteiger partial charge in [0.2, 0.25) is 5.56 Å². The van der Waals surface area contributed by atoms with Gasteiger partial charge in [0.25, 0.3) is 5.91 Å². The molecule has 11 nitrogen and oxygen atoms in total. The van der Waals surface area contributed by atoms with Crippen LogP contribution in [0.15, 0.2) is 65.5 Å². The van der Waals surface area contributed by atoms with Gasteiger partial charge in [-0.3, -0.25) is 14.5 Å². The van der Waals surface area contributed by atoms with E-state index >= 15 is 0 Å². The zero-order valence-corrected chi connectivity index (χ0v) is 31.4. The molecule has 2 aromatic carbocycles. The van der Waals surface area contributed by atoms with E-state index in [1.807, 2.05) is 31.2 Å². The summed E-state index contributed by atoms with van der Waals surface area (Å²) in [7, 11) is 0. The fraction of sp³-hybridized carbons (Fsp3) is 0.421. The van der Waals surface area contributed by atoms with Crippen molar-refractivity contribution < 1.29 is 63.7 Å². The van der Waals surface area contributed by atoms with E-state index in [1.165, 1.54) is 16.2 Å². The lowest BCUT2D eigenvalue weighted by Gasteiger charge is -2.49. The van der Waals surface area contributed by atoms with E-state index in [2.05, 4.69) is 19.9 Å². The van der Waals surface area contributed by atoms with Gasteiger partial charge in [0.15, 0.2) is 5.75 Å². The predicted molar refractivity (Wildman–Crippen MR) is 192 cm³/mol. The van der Waals surface area contributed by atoms with E-state index in [-0.39, 0.29) is 36.9 Å². The quantitative estimate of drug-likeness (QED) is 0.0759. The molecule has 0 radical (unpaired) electrons.